The SMILES string of the molecule is CCOC(=O)C(C)/C(C)=N/NC(=O)c1ccc(Cl)cc1. The van der Waals surface area contributed by atoms with E-state index in [9.17, 15) is 9.59 Å². The number of halogens is 1. The van der Waals surface area contributed by atoms with Crippen molar-refractivity contribution in [1.29, 1.82) is 0 Å². The van der Waals surface area contributed by atoms with Crippen LogP contribution in [0.4, 0.5) is 0 Å². The Kier molecular flexibility index (Phi) is 6.18. The number of hydrazone groups is 1. The van der Waals surface area contributed by atoms with Crippen molar-refractivity contribution in [3.8, 4) is 0 Å². The number of rotatable bonds is 5. The van der Waals surface area contributed by atoms with Crippen LogP contribution in [0.1, 0.15) is 31.1 Å². The molecule has 0 aliphatic heterocycles. The smallest absolute Gasteiger partial charge is 0.314 e. The minimum atomic E-state index is -0.500. The summed E-state index contributed by atoms with van der Waals surface area (Å²) in [5.41, 5.74) is 3.31. The average Bonchev–Trinajstić information content (AvgIpc) is 2.44. The van der Waals surface area contributed by atoms with Crippen molar-refractivity contribution in [3.05, 3.63) is 34.9 Å². The van der Waals surface area contributed by atoms with E-state index in [4.69, 9.17) is 16.3 Å². The van der Waals surface area contributed by atoms with Crippen LogP contribution in [0.3, 0.4) is 0 Å². The van der Waals surface area contributed by atoms with E-state index in [-0.39, 0.29) is 11.9 Å². The van der Waals surface area contributed by atoms with Gasteiger partial charge in [-0.3, -0.25) is 9.59 Å². The van der Waals surface area contributed by atoms with E-state index in [1.807, 2.05) is 0 Å². The fourth-order valence-electron chi connectivity index (χ4n) is 1.34. The summed E-state index contributed by atoms with van der Waals surface area (Å²) in [6.45, 7) is 5.38. The van der Waals surface area contributed by atoms with E-state index in [2.05, 4.69) is 10.5 Å². The van der Waals surface area contributed by atoms with Gasteiger partial charge in [0.2, 0.25) is 0 Å². The second-order valence-electron chi connectivity index (χ2n) is 4.17. The highest BCUT2D eigenvalue weighted by Crippen LogP contribution is 2.09. The van der Waals surface area contributed by atoms with Gasteiger partial charge in [0.05, 0.1) is 12.5 Å². The first kappa shape index (κ1) is 16.2. The van der Waals surface area contributed by atoms with Crippen LogP contribution in [-0.2, 0) is 9.53 Å². The van der Waals surface area contributed by atoms with Gasteiger partial charge < -0.3 is 4.74 Å². The lowest BCUT2D eigenvalue weighted by Crippen LogP contribution is -2.25. The molecule has 20 heavy (non-hydrogen) atoms. The molecule has 1 unspecified atom stereocenters. The van der Waals surface area contributed by atoms with E-state index in [0.29, 0.717) is 22.9 Å². The Morgan fingerprint density at radius 1 is 1.35 bits per heavy atom. The zero-order valence-corrected chi connectivity index (χ0v) is 12.4. The minimum absolute atomic E-state index is 0.313. The highest BCUT2D eigenvalue weighted by atomic mass is 35.5. The van der Waals surface area contributed by atoms with Crippen LogP contribution < -0.4 is 5.43 Å². The molecule has 1 aromatic rings. The zero-order chi connectivity index (χ0) is 15.1. The number of carbonyl (C=O) groups excluding carboxylic acids is 2. The maximum atomic E-state index is 11.8. The highest BCUT2D eigenvalue weighted by Gasteiger charge is 2.17. The molecule has 1 aromatic carbocycles. The van der Waals surface area contributed by atoms with Crippen LogP contribution in [-0.4, -0.2) is 24.2 Å². The summed E-state index contributed by atoms with van der Waals surface area (Å²) >= 11 is 5.74. The van der Waals surface area contributed by atoms with Crippen molar-refractivity contribution in [2.45, 2.75) is 20.8 Å². The number of hydrogen-bond acceptors (Lipinski definition) is 4. The van der Waals surface area contributed by atoms with Gasteiger partial charge in [-0.15, -0.1) is 0 Å². The lowest BCUT2D eigenvalue weighted by molar-refractivity contribution is -0.145. The standard InChI is InChI=1S/C14H17ClN2O3/c1-4-20-14(19)9(2)10(3)16-17-13(18)11-5-7-12(15)8-6-11/h5-9H,4H2,1-3H3,(H,17,18)/b16-10+. The van der Waals surface area contributed by atoms with Crippen molar-refractivity contribution in [2.24, 2.45) is 11.0 Å². The quantitative estimate of drug-likeness (QED) is 0.516. The molecule has 1 rings (SSSR count). The normalized spacial score (nSPS) is 12.7. The fourth-order valence-corrected chi connectivity index (χ4v) is 1.47. The second kappa shape index (κ2) is 7.65. The number of amides is 1. The van der Waals surface area contributed by atoms with Crippen LogP contribution in [0.2, 0.25) is 5.02 Å². The van der Waals surface area contributed by atoms with E-state index in [1.165, 1.54) is 0 Å². The first-order valence-corrected chi connectivity index (χ1v) is 6.60. The van der Waals surface area contributed by atoms with E-state index in [1.54, 1.807) is 45.0 Å². The Labute approximate surface area is 123 Å². The maximum absolute atomic E-state index is 11.8. The molecule has 0 aliphatic carbocycles. The Bertz CT molecular complexity index is 512. The molecule has 0 saturated heterocycles. The molecule has 0 aromatic heterocycles. The molecule has 6 heteroatoms. The summed E-state index contributed by atoms with van der Waals surface area (Å²) in [7, 11) is 0. The van der Waals surface area contributed by atoms with Gasteiger partial charge in [0.15, 0.2) is 0 Å². The molecule has 1 amide bonds. The largest absolute Gasteiger partial charge is 0.465 e. The van der Waals surface area contributed by atoms with Gasteiger partial charge in [-0.25, -0.2) is 5.43 Å². The summed E-state index contributed by atoms with van der Waals surface area (Å²) in [5.74, 6) is -1.23. The van der Waals surface area contributed by atoms with Crippen molar-refractivity contribution in [1.82, 2.24) is 5.43 Å². The van der Waals surface area contributed by atoms with Gasteiger partial charge in [-0.05, 0) is 45.0 Å². The van der Waals surface area contributed by atoms with Gasteiger partial charge >= 0.3 is 5.97 Å². The fraction of sp³-hybridized carbons (Fsp3) is 0.357. The number of ether oxygens (including phenoxy) is 1. The monoisotopic (exact) mass is 296 g/mol. The number of benzene rings is 1. The average molecular weight is 297 g/mol. The predicted molar refractivity (Wildman–Crippen MR) is 77.8 cm³/mol. The Morgan fingerprint density at radius 3 is 2.50 bits per heavy atom. The van der Waals surface area contributed by atoms with E-state index < -0.39 is 5.92 Å². The number of esters is 1. The number of hydrogen-bond donors (Lipinski definition) is 1. The molecule has 0 spiro atoms. The first-order valence-electron chi connectivity index (χ1n) is 6.22. The van der Waals surface area contributed by atoms with Crippen molar-refractivity contribution in [2.75, 3.05) is 6.61 Å². The molecule has 0 fully saturated rings. The summed E-state index contributed by atoms with van der Waals surface area (Å²) in [6.07, 6.45) is 0. The van der Waals surface area contributed by atoms with Gasteiger partial charge in [0.1, 0.15) is 0 Å². The third-order valence-corrected chi connectivity index (χ3v) is 2.96. The Morgan fingerprint density at radius 2 is 1.95 bits per heavy atom. The molecule has 0 saturated carbocycles. The predicted octanol–water partition coefficient (Wildman–Crippen LogP) is 2.64. The topological polar surface area (TPSA) is 67.8 Å². The first-order chi connectivity index (χ1) is 9.45. The summed E-state index contributed by atoms with van der Waals surface area (Å²) in [6, 6.07) is 6.43. The maximum Gasteiger partial charge on any atom is 0.314 e. The van der Waals surface area contributed by atoms with Crippen LogP contribution in [0.25, 0.3) is 0 Å². The Balaban J connectivity index is 2.64. The van der Waals surface area contributed by atoms with Crippen molar-refractivity contribution < 1.29 is 14.3 Å². The molecule has 1 N–H and O–H groups in total. The number of nitrogens with one attached hydrogen (secondary N) is 1. The van der Waals surface area contributed by atoms with Crippen LogP contribution in [0.5, 0.6) is 0 Å². The molecule has 0 aliphatic rings. The molecule has 5 nitrogen and oxygen atoms in total. The Hall–Kier alpha value is -1.88. The van der Waals surface area contributed by atoms with E-state index in [0.717, 1.165) is 0 Å². The lowest BCUT2D eigenvalue weighted by atomic mass is 10.1. The lowest BCUT2D eigenvalue weighted by Gasteiger charge is -2.10. The zero-order valence-electron chi connectivity index (χ0n) is 11.6. The number of nitrogens with zero attached hydrogens (tertiary/aromatic N) is 1. The van der Waals surface area contributed by atoms with Gasteiger partial charge in [0.25, 0.3) is 5.91 Å². The van der Waals surface area contributed by atoms with E-state index >= 15 is 0 Å². The minimum Gasteiger partial charge on any atom is -0.465 e. The third kappa shape index (κ3) is 4.66. The summed E-state index contributed by atoms with van der Waals surface area (Å²) < 4.78 is 4.88. The van der Waals surface area contributed by atoms with Gasteiger partial charge in [-0.1, -0.05) is 11.6 Å². The summed E-state index contributed by atoms with van der Waals surface area (Å²) in [5, 5.41) is 4.46. The van der Waals surface area contributed by atoms with Crippen LogP contribution in [0.15, 0.2) is 29.4 Å². The molecule has 0 bridgehead atoms. The van der Waals surface area contributed by atoms with Crippen molar-refractivity contribution >= 4 is 29.2 Å². The molecule has 0 radical (unpaired) electrons. The van der Waals surface area contributed by atoms with Crippen molar-refractivity contribution in [3.63, 3.8) is 0 Å². The number of carbonyl (C=O) groups is 2. The van der Waals surface area contributed by atoms with Crippen LogP contribution in [0, 0.1) is 5.92 Å². The van der Waals surface area contributed by atoms with Gasteiger partial charge in [-0.2, -0.15) is 5.10 Å². The van der Waals surface area contributed by atoms with Crippen LogP contribution >= 0.6 is 11.6 Å². The molecular weight excluding hydrogens is 280 g/mol. The molecule has 0 heterocycles. The highest BCUT2D eigenvalue weighted by molar-refractivity contribution is 6.30. The summed E-state index contributed by atoms with van der Waals surface area (Å²) in [4.78, 5) is 23.3. The second-order valence-corrected chi connectivity index (χ2v) is 4.61. The molecular formula is C14H17ClN2O3. The van der Waals surface area contributed by atoms with Gasteiger partial charge in [0, 0.05) is 16.3 Å². The molecule has 1 atom stereocenters. The third-order valence-electron chi connectivity index (χ3n) is 2.71. The molecule has 108 valence electrons.